The van der Waals surface area contributed by atoms with Gasteiger partial charge < -0.3 is 5.32 Å². The fraction of sp³-hybridized carbons (Fsp3) is 0.667. The third-order valence-electron chi connectivity index (χ3n) is 2.74. The van der Waals surface area contributed by atoms with Gasteiger partial charge in [-0.2, -0.15) is 0 Å². The molecule has 2 aliphatic rings. The SMILES string of the molecule is O=C(CN1C(=O)CSC1=S)NC1CCS(=O)(=O)C1. The van der Waals surface area contributed by atoms with E-state index in [2.05, 4.69) is 5.32 Å². The Balaban J connectivity index is 1.86. The van der Waals surface area contributed by atoms with Crippen LogP contribution in [0.5, 0.6) is 0 Å². The number of thioether (sulfide) groups is 1. The fourth-order valence-corrected chi connectivity index (χ4v) is 4.60. The van der Waals surface area contributed by atoms with Crippen molar-refractivity contribution >= 4 is 50.0 Å². The van der Waals surface area contributed by atoms with Crippen LogP contribution >= 0.6 is 24.0 Å². The van der Waals surface area contributed by atoms with Crippen molar-refractivity contribution in [1.29, 1.82) is 0 Å². The first kappa shape index (κ1) is 13.8. The van der Waals surface area contributed by atoms with E-state index in [0.717, 1.165) is 0 Å². The van der Waals surface area contributed by atoms with Gasteiger partial charge in [0.15, 0.2) is 9.84 Å². The van der Waals surface area contributed by atoms with Crippen LogP contribution in [0.2, 0.25) is 0 Å². The Hall–Kier alpha value is -0.670. The molecule has 2 amide bonds. The topological polar surface area (TPSA) is 83.6 Å². The predicted molar refractivity (Wildman–Crippen MR) is 72.0 cm³/mol. The van der Waals surface area contributed by atoms with Gasteiger partial charge in [-0.05, 0) is 6.42 Å². The lowest BCUT2D eigenvalue weighted by molar-refractivity contribution is -0.130. The van der Waals surface area contributed by atoms with Gasteiger partial charge in [-0.1, -0.05) is 24.0 Å². The highest BCUT2D eigenvalue weighted by Crippen LogP contribution is 2.18. The van der Waals surface area contributed by atoms with Crippen LogP contribution in [0.25, 0.3) is 0 Å². The maximum atomic E-state index is 11.7. The number of carbonyl (C=O) groups excluding carboxylic acids is 2. The van der Waals surface area contributed by atoms with Crippen LogP contribution in [0.15, 0.2) is 0 Å². The molecule has 0 spiro atoms. The van der Waals surface area contributed by atoms with Crippen molar-refractivity contribution in [3.63, 3.8) is 0 Å². The summed E-state index contributed by atoms with van der Waals surface area (Å²) in [5.74, 6) is -0.195. The van der Waals surface area contributed by atoms with Gasteiger partial charge in [-0.15, -0.1) is 0 Å². The number of amides is 2. The molecular formula is C9H12N2O4S3. The Morgan fingerprint density at radius 1 is 1.56 bits per heavy atom. The first-order chi connectivity index (χ1) is 8.37. The molecule has 0 aliphatic carbocycles. The first-order valence-electron chi connectivity index (χ1n) is 5.34. The van der Waals surface area contributed by atoms with E-state index in [-0.39, 0.29) is 41.7 Å². The van der Waals surface area contributed by atoms with E-state index in [9.17, 15) is 18.0 Å². The summed E-state index contributed by atoms with van der Waals surface area (Å²) in [6.07, 6.45) is 0.432. The lowest BCUT2D eigenvalue weighted by Crippen LogP contribution is -2.44. The molecule has 0 aromatic heterocycles. The summed E-state index contributed by atoms with van der Waals surface area (Å²) in [5.41, 5.74) is 0. The quantitative estimate of drug-likeness (QED) is 0.684. The minimum atomic E-state index is -3.02. The maximum Gasteiger partial charge on any atom is 0.240 e. The number of nitrogens with one attached hydrogen (secondary N) is 1. The molecule has 9 heteroatoms. The minimum Gasteiger partial charge on any atom is -0.351 e. The van der Waals surface area contributed by atoms with E-state index in [1.54, 1.807) is 0 Å². The normalized spacial score (nSPS) is 26.7. The molecule has 2 fully saturated rings. The second-order valence-corrected chi connectivity index (χ2v) is 8.04. The molecule has 1 atom stereocenters. The average molecular weight is 308 g/mol. The highest BCUT2D eigenvalue weighted by molar-refractivity contribution is 8.23. The Kier molecular flexibility index (Phi) is 3.93. The number of hydrogen-bond acceptors (Lipinski definition) is 6. The third kappa shape index (κ3) is 3.21. The smallest absolute Gasteiger partial charge is 0.240 e. The summed E-state index contributed by atoms with van der Waals surface area (Å²) in [5, 5.41) is 2.62. The average Bonchev–Trinajstić information content (AvgIpc) is 2.75. The molecule has 2 heterocycles. The van der Waals surface area contributed by atoms with Gasteiger partial charge in [-0.3, -0.25) is 14.5 Å². The van der Waals surface area contributed by atoms with Crippen molar-refractivity contribution < 1.29 is 18.0 Å². The van der Waals surface area contributed by atoms with Gasteiger partial charge in [0.05, 0.1) is 17.3 Å². The Morgan fingerprint density at radius 3 is 2.78 bits per heavy atom. The first-order valence-corrected chi connectivity index (χ1v) is 8.56. The highest BCUT2D eigenvalue weighted by Gasteiger charge is 2.32. The molecule has 0 aromatic rings. The van der Waals surface area contributed by atoms with Gasteiger partial charge in [0.1, 0.15) is 10.9 Å². The molecule has 0 aromatic carbocycles. The zero-order chi connectivity index (χ0) is 13.3. The zero-order valence-electron chi connectivity index (χ0n) is 9.42. The van der Waals surface area contributed by atoms with Crippen LogP contribution in [-0.4, -0.2) is 59.3 Å². The second kappa shape index (κ2) is 5.14. The Labute approximate surface area is 114 Å². The molecule has 2 saturated heterocycles. The van der Waals surface area contributed by atoms with Crippen molar-refractivity contribution in [3.8, 4) is 0 Å². The molecule has 0 saturated carbocycles. The number of nitrogens with zero attached hydrogens (tertiary/aromatic N) is 1. The number of thiocarbonyl (C=S) groups is 1. The Morgan fingerprint density at radius 2 is 2.28 bits per heavy atom. The van der Waals surface area contributed by atoms with E-state index in [4.69, 9.17) is 12.2 Å². The van der Waals surface area contributed by atoms with Gasteiger partial charge in [0.25, 0.3) is 0 Å². The van der Waals surface area contributed by atoms with Crippen LogP contribution in [0, 0.1) is 0 Å². The van der Waals surface area contributed by atoms with E-state index in [1.165, 1.54) is 16.7 Å². The van der Waals surface area contributed by atoms with Gasteiger partial charge >= 0.3 is 0 Å². The highest BCUT2D eigenvalue weighted by atomic mass is 32.2. The summed E-state index contributed by atoms with van der Waals surface area (Å²) in [6, 6.07) is -0.346. The van der Waals surface area contributed by atoms with Crippen molar-refractivity contribution in [2.24, 2.45) is 0 Å². The standard InChI is InChI=1S/C9H12N2O4S3/c12-7(3-11-8(13)4-17-9(11)16)10-6-1-2-18(14,15)5-6/h6H,1-5H2,(H,10,12). The van der Waals surface area contributed by atoms with Gasteiger partial charge in [0, 0.05) is 6.04 Å². The molecule has 0 radical (unpaired) electrons. The number of rotatable bonds is 3. The lowest BCUT2D eigenvalue weighted by Gasteiger charge is -2.16. The molecule has 1 N–H and O–H groups in total. The van der Waals surface area contributed by atoms with E-state index < -0.39 is 9.84 Å². The van der Waals surface area contributed by atoms with Gasteiger partial charge in [-0.25, -0.2) is 8.42 Å². The summed E-state index contributed by atoms with van der Waals surface area (Å²) in [7, 11) is -3.02. The molecule has 0 bridgehead atoms. The molecule has 1 unspecified atom stereocenters. The summed E-state index contributed by atoms with van der Waals surface area (Å²) < 4.78 is 22.9. The summed E-state index contributed by atoms with van der Waals surface area (Å²) in [4.78, 5) is 24.3. The zero-order valence-corrected chi connectivity index (χ0v) is 11.9. The fourth-order valence-electron chi connectivity index (χ4n) is 1.86. The van der Waals surface area contributed by atoms with Crippen molar-refractivity contribution in [1.82, 2.24) is 10.2 Å². The molecule has 6 nitrogen and oxygen atoms in total. The number of sulfone groups is 1. The number of hydrogen-bond donors (Lipinski definition) is 1. The van der Waals surface area contributed by atoms with E-state index in [1.807, 2.05) is 0 Å². The van der Waals surface area contributed by atoms with E-state index in [0.29, 0.717) is 10.7 Å². The largest absolute Gasteiger partial charge is 0.351 e. The molecule has 18 heavy (non-hydrogen) atoms. The molecular weight excluding hydrogens is 296 g/mol. The Bertz CT molecular complexity index is 486. The van der Waals surface area contributed by atoms with Crippen LogP contribution in [0.1, 0.15) is 6.42 Å². The lowest BCUT2D eigenvalue weighted by atomic mass is 10.2. The molecule has 100 valence electrons. The van der Waals surface area contributed by atoms with Gasteiger partial charge in [0.2, 0.25) is 11.8 Å². The summed E-state index contributed by atoms with van der Waals surface area (Å²) in [6.45, 7) is -0.124. The maximum absolute atomic E-state index is 11.7. The number of carbonyl (C=O) groups is 2. The van der Waals surface area contributed by atoms with Crippen LogP contribution in [0.4, 0.5) is 0 Å². The second-order valence-electron chi connectivity index (χ2n) is 4.20. The minimum absolute atomic E-state index is 0.0219. The van der Waals surface area contributed by atoms with Crippen LogP contribution in [0.3, 0.4) is 0 Å². The predicted octanol–water partition coefficient (Wildman–Crippen LogP) is -0.850. The molecule has 2 aliphatic heterocycles. The van der Waals surface area contributed by atoms with E-state index >= 15 is 0 Å². The van der Waals surface area contributed by atoms with Crippen molar-refractivity contribution in [2.45, 2.75) is 12.5 Å². The van der Waals surface area contributed by atoms with Crippen molar-refractivity contribution in [2.75, 3.05) is 23.8 Å². The molecule has 2 rings (SSSR count). The van der Waals surface area contributed by atoms with Crippen molar-refractivity contribution in [3.05, 3.63) is 0 Å². The van der Waals surface area contributed by atoms with Crippen LogP contribution < -0.4 is 5.32 Å². The van der Waals surface area contributed by atoms with Crippen LogP contribution in [-0.2, 0) is 19.4 Å². The monoisotopic (exact) mass is 308 g/mol. The summed E-state index contributed by atoms with van der Waals surface area (Å²) >= 11 is 6.18. The third-order valence-corrected chi connectivity index (χ3v) is 5.94.